The first-order valence-corrected chi connectivity index (χ1v) is 4.57. The van der Waals surface area contributed by atoms with Crippen molar-refractivity contribution in [2.45, 2.75) is 45.6 Å². The first kappa shape index (κ1) is 10.9. The fraction of sp³-hybridized carbons (Fsp3) is 1.00. The Labute approximate surface area is 70.3 Å². The highest BCUT2D eigenvalue weighted by Gasteiger charge is 2.22. The normalized spacial score (nSPS) is 19.4. The van der Waals surface area contributed by atoms with E-state index >= 15 is 0 Å². The van der Waals surface area contributed by atoms with Gasteiger partial charge in [-0.05, 0) is 18.8 Å². The maximum atomic E-state index is 6.05. The predicted molar refractivity (Wildman–Crippen MR) is 50.3 cm³/mol. The summed E-state index contributed by atoms with van der Waals surface area (Å²) >= 11 is 0. The van der Waals surface area contributed by atoms with Crippen LogP contribution in [0.4, 0.5) is 0 Å². The van der Waals surface area contributed by atoms with Gasteiger partial charge in [-0.1, -0.05) is 27.2 Å². The van der Waals surface area contributed by atoms with E-state index in [-0.39, 0.29) is 5.54 Å². The SMILES string of the molecule is CCC(C)CC(N)(CC)CN. The van der Waals surface area contributed by atoms with Gasteiger partial charge < -0.3 is 11.5 Å². The van der Waals surface area contributed by atoms with Crippen LogP contribution in [-0.2, 0) is 0 Å². The molecule has 0 aliphatic rings. The van der Waals surface area contributed by atoms with Crippen LogP contribution >= 0.6 is 0 Å². The predicted octanol–water partition coefficient (Wildman–Crippen LogP) is 1.49. The third-order valence-corrected chi connectivity index (χ3v) is 2.56. The minimum atomic E-state index is -0.116. The Kier molecular flexibility index (Phi) is 4.69. The van der Waals surface area contributed by atoms with Crippen molar-refractivity contribution in [3.8, 4) is 0 Å². The van der Waals surface area contributed by atoms with Crippen molar-refractivity contribution in [3.05, 3.63) is 0 Å². The van der Waals surface area contributed by atoms with E-state index in [1.807, 2.05) is 0 Å². The van der Waals surface area contributed by atoms with Gasteiger partial charge in [-0.3, -0.25) is 0 Å². The highest BCUT2D eigenvalue weighted by Crippen LogP contribution is 2.18. The lowest BCUT2D eigenvalue weighted by Gasteiger charge is -2.29. The molecule has 0 rings (SSSR count). The number of rotatable bonds is 5. The van der Waals surface area contributed by atoms with Crippen LogP contribution in [0.15, 0.2) is 0 Å². The summed E-state index contributed by atoms with van der Waals surface area (Å²) in [5.74, 6) is 0.698. The lowest BCUT2D eigenvalue weighted by atomic mass is 9.86. The van der Waals surface area contributed by atoms with Gasteiger partial charge in [0.15, 0.2) is 0 Å². The summed E-state index contributed by atoms with van der Waals surface area (Å²) < 4.78 is 0. The van der Waals surface area contributed by atoms with Crippen LogP contribution in [0, 0.1) is 5.92 Å². The second-order valence-corrected chi connectivity index (χ2v) is 3.64. The standard InChI is InChI=1S/C9H22N2/c1-4-8(3)6-9(11,5-2)7-10/h8H,4-7,10-11H2,1-3H3. The summed E-state index contributed by atoms with van der Waals surface area (Å²) in [6, 6.07) is 0. The first-order chi connectivity index (χ1) is 5.08. The monoisotopic (exact) mass is 158 g/mol. The number of hydrogen-bond acceptors (Lipinski definition) is 2. The Morgan fingerprint density at radius 2 is 1.91 bits per heavy atom. The van der Waals surface area contributed by atoms with Crippen molar-refractivity contribution < 1.29 is 0 Å². The second kappa shape index (κ2) is 4.73. The van der Waals surface area contributed by atoms with E-state index in [1.54, 1.807) is 0 Å². The molecular formula is C9H22N2. The van der Waals surface area contributed by atoms with Crippen molar-refractivity contribution in [2.24, 2.45) is 17.4 Å². The van der Waals surface area contributed by atoms with E-state index in [1.165, 1.54) is 6.42 Å². The molecule has 4 N–H and O–H groups in total. The zero-order chi connectivity index (χ0) is 8.91. The van der Waals surface area contributed by atoms with Gasteiger partial charge in [0.2, 0.25) is 0 Å². The summed E-state index contributed by atoms with van der Waals surface area (Å²) in [6.07, 6.45) is 3.23. The van der Waals surface area contributed by atoms with E-state index in [4.69, 9.17) is 11.5 Å². The van der Waals surface area contributed by atoms with Crippen molar-refractivity contribution in [1.82, 2.24) is 0 Å². The number of hydrogen-bond donors (Lipinski definition) is 2. The molecular weight excluding hydrogens is 136 g/mol. The number of nitrogens with two attached hydrogens (primary N) is 2. The van der Waals surface area contributed by atoms with Crippen LogP contribution in [0.3, 0.4) is 0 Å². The molecule has 2 atom stereocenters. The fourth-order valence-electron chi connectivity index (χ4n) is 1.21. The van der Waals surface area contributed by atoms with Crippen molar-refractivity contribution >= 4 is 0 Å². The molecule has 2 heteroatoms. The van der Waals surface area contributed by atoms with E-state index < -0.39 is 0 Å². The Hall–Kier alpha value is -0.0800. The zero-order valence-electron chi connectivity index (χ0n) is 8.06. The molecule has 0 bridgehead atoms. The zero-order valence-corrected chi connectivity index (χ0v) is 8.06. The van der Waals surface area contributed by atoms with E-state index in [0.717, 1.165) is 12.8 Å². The van der Waals surface area contributed by atoms with Gasteiger partial charge in [-0.15, -0.1) is 0 Å². The summed E-state index contributed by atoms with van der Waals surface area (Å²) in [7, 11) is 0. The smallest absolute Gasteiger partial charge is 0.0278 e. The summed E-state index contributed by atoms with van der Waals surface area (Å²) in [6.45, 7) is 7.13. The van der Waals surface area contributed by atoms with Crippen LogP contribution in [0.1, 0.15) is 40.0 Å². The fourth-order valence-corrected chi connectivity index (χ4v) is 1.21. The van der Waals surface area contributed by atoms with E-state index in [0.29, 0.717) is 12.5 Å². The van der Waals surface area contributed by atoms with Gasteiger partial charge in [-0.25, -0.2) is 0 Å². The molecule has 0 aromatic rings. The first-order valence-electron chi connectivity index (χ1n) is 4.57. The van der Waals surface area contributed by atoms with Crippen LogP contribution in [0.2, 0.25) is 0 Å². The van der Waals surface area contributed by atoms with Crippen LogP contribution in [0.25, 0.3) is 0 Å². The molecule has 11 heavy (non-hydrogen) atoms. The molecule has 0 saturated heterocycles. The van der Waals surface area contributed by atoms with Gasteiger partial charge in [0.1, 0.15) is 0 Å². The lowest BCUT2D eigenvalue weighted by molar-refractivity contribution is 0.320. The van der Waals surface area contributed by atoms with Crippen molar-refractivity contribution in [3.63, 3.8) is 0 Å². The van der Waals surface area contributed by atoms with Crippen LogP contribution < -0.4 is 11.5 Å². The molecule has 2 nitrogen and oxygen atoms in total. The molecule has 68 valence electrons. The summed E-state index contributed by atoms with van der Waals surface area (Å²) in [5.41, 5.74) is 11.5. The lowest BCUT2D eigenvalue weighted by Crippen LogP contribution is -2.47. The van der Waals surface area contributed by atoms with Gasteiger partial charge in [0, 0.05) is 12.1 Å². The maximum absolute atomic E-state index is 6.05. The molecule has 0 aromatic heterocycles. The van der Waals surface area contributed by atoms with Crippen molar-refractivity contribution in [2.75, 3.05) is 6.54 Å². The molecule has 0 aromatic carbocycles. The van der Waals surface area contributed by atoms with Crippen LogP contribution in [0.5, 0.6) is 0 Å². The average molecular weight is 158 g/mol. The molecule has 0 radical (unpaired) electrons. The molecule has 0 aliphatic heterocycles. The Bertz CT molecular complexity index is 97.7. The van der Waals surface area contributed by atoms with Crippen molar-refractivity contribution in [1.29, 1.82) is 0 Å². The molecule has 0 heterocycles. The van der Waals surface area contributed by atoms with Gasteiger partial charge >= 0.3 is 0 Å². The molecule has 0 aliphatic carbocycles. The Balaban J connectivity index is 3.86. The highest BCUT2D eigenvalue weighted by molar-refractivity contribution is 4.84. The minimum Gasteiger partial charge on any atom is -0.329 e. The van der Waals surface area contributed by atoms with Gasteiger partial charge in [-0.2, -0.15) is 0 Å². The molecule has 0 fully saturated rings. The molecule has 2 unspecified atom stereocenters. The highest BCUT2D eigenvalue weighted by atomic mass is 14.8. The van der Waals surface area contributed by atoms with Gasteiger partial charge in [0.25, 0.3) is 0 Å². The minimum absolute atomic E-state index is 0.116. The third kappa shape index (κ3) is 3.73. The second-order valence-electron chi connectivity index (χ2n) is 3.64. The third-order valence-electron chi connectivity index (χ3n) is 2.56. The largest absolute Gasteiger partial charge is 0.329 e. The molecule has 0 spiro atoms. The maximum Gasteiger partial charge on any atom is 0.0278 e. The molecule has 0 amide bonds. The molecule has 0 saturated carbocycles. The Morgan fingerprint density at radius 3 is 2.18 bits per heavy atom. The Morgan fingerprint density at radius 1 is 1.36 bits per heavy atom. The topological polar surface area (TPSA) is 52.0 Å². The van der Waals surface area contributed by atoms with E-state index in [2.05, 4.69) is 20.8 Å². The van der Waals surface area contributed by atoms with Crippen LogP contribution in [-0.4, -0.2) is 12.1 Å². The summed E-state index contributed by atoms with van der Waals surface area (Å²) in [4.78, 5) is 0. The van der Waals surface area contributed by atoms with Gasteiger partial charge in [0.05, 0.1) is 0 Å². The quantitative estimate of drug-likeness (QED) is 0.637. The van der Waals surface area contributed by atoms with E-state index in [9.17, 15) is 0 Å². The average Bonchev–Trinajstić information content (AvgIpc) is 2.04. The summed E-state index contributed by atoms with van der Waals surface area (Å²) in [5, 5.41) is 0.